The lowest BCUT2D eigenvalue weighted by atomic mass is 10.0. The van der Waals surface area contributed by atoms with Gasteiger partial charge in [0.25, 0.3) is 5.91 Å². The highest BCUT2D eigenvalue weighted by atomic mass is 16.5. The Morgan fingerprint density at radius 3 is 2.36 bits per heavy atom. The first-order valence-corrected chi connectivity index (χ1v) is 8.71. The van der Waals surface area contributed by atoms with Crippen LogP contribution in [0.3, 0.4) is 0 Å². The molecule has 2 aromatic carbocycles. The molecule has 0 saturated carbocycles. The molecule has 1 amide bonds. The van der Waals surface area contributed by atoms with Gasteiger partial charge in [-0.2, -0.15) is 0 Å². The number of benzene rings is 2. The van der Waals surface area contributed by atoms with Crippen molar-refractivity contribution in [2.24, 2.45) is 0 Å². The molecule has 2 aromatic rings. The zero-order valence-electron chi connectivity index (χ0n) is 15.1. The zero-order chi connectivity index (χ0) is 17.8. The van der Waals surface area contributed by atoms with Gasteiger partial charge in [0.05, 0.1) is 14.2 Å². The first kappa shape index (κ1) is 17.3. The molecule has 0 N–H and O–H groups in total. The van der Waals surface area contributed by atoms with Crippen LogP contribution in [0, 0.1) is 6.92 Å². The van der Waals surface area contributed by atoms with Crippen LogP contribution in [0.25, 0.3) is 0 Å². The predicted molar refractivity (Wildman–Crippen MR) is 98.5 cm³/mol. The SMILES string of the molecule is COc1cc(C(=O)N2CCCC2Cc2ccccc2)cc(OC)c1C. The molecule has 1 fully saturated rings. The number of nitrogens with zero attached hydrogens (tertiary/aromatic N) is 1. The number of carbonyl (C=O) groups is 1. The molecular weight excluding hydrogens is 314 g/mol. The minimum absolute atomic E-state index is 0.0510. The molecule has 0 bridgehead atoms. The van der Waals surface area contributed by atoms with Crippen molar-refractivity contribution in [2.45, 2.75) is 32.2 Å². The number of hydrogen-bond acceptors (Lipinski definition) is 3. The molecule has 0 aromatic heterocycles. The summed E-state index contributed by atoms with van der Waals surface area (Å²) >= 11 is 0. The summed E-state index contributed by atoms with van der Waals surface area (Å²) in [6.45, 7) is 2.73. The average Bonchev–Trinajstić information content (AvgIpc) is 3.10. The number of rotatable bonds is 5. The van der Waals surface area contributed by atoms with E-state index in [4.69, 9.17) is 9.47 Å². The number of ether oxygens (including phenoxy) is 2. The Morgan fingerprint density at radius 1 is 1.12 bits per heavy atom. The molecule has 0 aliphatic carbocycles. The number of amides is 1. The fourth-order valence-corrected chi connectivity index (χ4v) is 3.58. The molecule has 4 heteroatoms. The van der Waals surface area contributed by atoms with Crippen LogP contribution in [-0.4, -0.2) is 37.6 Å². The number of methoxy groups -OCH3 is 2. The first-order chi connectivity index (χ1) is 12.1. The van der Waals surface area contributed by atoms with Gasteiger partial charge in [-0.05, 0) is 43.9 Å². The Labute approximate surface area is 149 Å². The fraction of sp³-hybridized carbons (Fsp3) is 0.381. The summed E-state index contributed by atoms with van der Waals surface area (Å²) in [5.74, 6) is 1.41. The van der Waals surface area contributed by atoms with Gasteiger partial charge in [-0.3, -0.25) is 4.79 Å². The smallest absolute Gasteiger partial charge is 0.254 e. The highest BCUT2D eigenvalue weighted by Crippen LogP contribution is 2.31. The number of carbonyl (C=O) groups excluding carboxylic acids is 1. The third-order valence-electron chi connectivity index (χ3n) is 4.95. The standard InChI is InChI=1S/C21H25NO3/c1-15-19(24-2)13-17(14-20(15)25-3)21(23)22-11-7-10-18(22)12-16-8-5-4-6-9-16/h4-6,8-9,13-14,18H,7,10-12H2,1-3H3. The fourth-order valence-electron chi connectivity index (χ4n) is 3.58. The van der Waals surface area contributed by atoms with Gasteiger partial charge in [-0.1, -0.05) is 30.3 Å². The number of likely N-dealkylation sites (tertiary alicyclic amines) is 1. The third kappa shape index (κ3) is 3.63. The van der Waals surface area contributed by atoms with E-state index in [2.05, 4.69) is 12.1 Å². The predicted octanol–water partition coefficient (Wildman–Crippen LogP) is 3.86. The summed E-state index contributed by atoms with van der Waals surface area (Å²) in [7, 11) is 3.23. The Balaban J connectivity index is 1.84. The van der Waals surface area contributed by atoms with E-state index in [1.165, 1.54) is 5.56 Å². The Hall–Kier alpha value is -2.49. The van der Waals surface area contributed by atoms with Gasteiger partial charge >= 0.3 is 0 Å². The lowest BCUT2D eigenvalue weighted by Gasteiger charge is -2.25. The van der Waals surface area contributed by atoms with Crippen molar-refractivity contribution in [1.82, 2.24) is 4.90 Å². The molecule has 1 aliphatic rings. The second kappa shape index (κ2) is 7.60. The highest BCUT2D eigenvalue weighted by molar-refractivity contribution is 5.95. The van der Waals surface area contributed by atoms with Crippen molar-refractivity contribution in [3.63, 3.8) is 0 Å². The second-order valence-corrected chi connectivity index (χ2v) is 6.49. The van der Waals surface area contributed by atoms with E-state index in [0.717, 1.165) is 31.4 Å². The van der Waals surface area contributed by atoms with Crippen LogP contribution >= 0.6 is 0 Å². The van der Waals surface area contributed by atoms with Crippen molar-refractivity contribution < 1.29 is 14.3 Å². The largest absolute Gasteiger partial charge is 0.496 e. The summed E-state index contributed by atoms with van der Waals surface area (Å²) in [6, 6.07) is 14.2. The van der Waals surface area contributed by atoms with E-state index in [1.807, 2.05) is 42.2 Å². The Bertz CT molecular complexity index is 717. The Morgan fingerprint density at radius 2 is 1.76 bits per heavy atom. The van der Waals surface area contributed by atoms with Crippen LogP contribution in [0.2, 0.25) is 0 Å². The van der Waals surface area contributed by atoms with Crippen LogP contribution in [0.5, 0.6) is 11.5 Å². The second-order valence-electron chi connectivity index (χ2n) is 6.49. The molecule has 3 rings (SSSR count). The molecule has 132 valence electrons. The molecule has 25 heavy (non-hydrogen) atoms. The van der Waals surface area contributed by atoms with Crippen molar-refractivity contribution in [3.8, 4) is 11.5 Å². The van der Waals surface area contributed by atoms with E-state index < -0.39 is 0 Å². The normalized spacial score (nSPS) is 16.8. The first-order valence-electron chi connectivity index (χ1n) is 8.71. The highest BCUT2D eigenvalue weighted by Gasteiger charge is 2.30. The zero-order valence-corrected chi connectivity index (χ0v) is 15.1. The Kier molecular flexibility index (Phi) is 5.27. The third-order valence-corrected chi connectivity index (χ3v) is 4.95. The van der Waals surface area contributed by atoms with Crippen molar-refractivity contribution in [2.75, 3.05) is 20.8 Å². The van der Waals surface area contributed by atoms with E-state index in [-0.39, 0.29) is 11.9 Å². The molecular formula is C21H25NO3. The quantitative estimate of drug-likeness (QED) is 0.830. The van der Waals surface area contributed by atoms with Crippen molar-refractivity contribution in [3.05, 3.63) is 59.2 Å². The number of hydrogen-bond donors (Lipinski definition) is 0. The van der Waals surface area contributed by atoms with Gasteiger partial charge in [0.2, 0.25) is 0 Å². The van der Waals surface area contributed by atoms with Crippen LogP contribution in [0.1, 0.15) is 34.3 Å². The molecule has 4 nitrogen and oxygen atoms in total. The van der Waals surface area contributed by atoms with E-state index in [1.54, 1.807) is 14.2 Å². The summed E-state index contributed by atoms with van der Waals surface area (Å²) in [6.07, 6.45) is 2.98. The summed E-state index contributed by atoms with van der Waals surface area (Å²) in [4.78, 5) is 15.1. The molecule has 1 aliphatic heterocycles. The van der Waals surface area contributed by atoms with E-state index in [0.29, 0.717) is 17.1 Å². The average molecular weight is 339 g/mol. The lowest BCUT2D eigenvalue weighted by Crippen LogP contribution is -2.36. The van der Waals surface area contributed by atoms with Crippen LogP contribution < -0.4 is 9.47 Å². The van der Waals surface area contributed by atoms with Gasteiger partial charge < -0.3 is 14.4 Å². The van der Waals surface area contributed by atoms with Gasteiger partial charge in [-0.15, -0.1) is 0 Å². The topological polar surface area (TPSA) is 38.8 Å². The summed E-state index contributed by atoms with van der Waals surface area (Å²) in [5, 5.41) is 0. The molecule has 0 spiro atoms. The van der Waals surface area contributed by atoms with Crippen LogP contribution in [0.15, 0.2) is 42.5 Å². The molecule has 1 atom stereocenters. The maximum Gasteiger partial charge on any atom is 0.254 e. The van der Waals surface area contributed by atoms with E-state index >= 15 is 0 Å². The van der Waals surface area contributed by atoms with Crippen LogP contribution in [0.4, 0.5) is 0 Å². The molecule has 1 unspecified atom stereocenters. The monoisotopic (exact) mass is 339 g/mol. The van der Waals surface area contributed by atoms with E-state index in [9.17, 15) is 4.79 Å². The van der Waals surface area contributed by atoms with Crippen molar-refractivity contribution >= 4 is 5.91 Å². The summed E-state index contributed by atoms with van der Waals surface area (Å²) in [5.41, 5.74) is 2.80. The maximum atomic E-state index is 13.1. The van der Waals surface area contributed by atoms with Crippen LogP contribution in [-0.2, 0) is 6.42 Å². The minimum atomic E-state index is 0.0510. The lowest BCUT2D eigenvalue weighted by molar-refractivity contribution is 0.0735. The van der Waals surface area contributed by atoms with Gasteiger partial charge in [-0.25, -0.2) is 0 Å². The summed E-state index contributed by atoms with van der Waals surface area (Å²) < 4.78 is 10.8. The maximum absolute atomic E-state index is 13.1. The van der Waals surface area contributed by atoms with Gasteiger partial charge in [0.15, 0.2) is 0 Å². The molecule has 1 saturated heterocycles. The van der Waals surface area contributed by atoms with Gasteiger partial charge in [0.1, 0.15) is 11.5 Å². The minimum Gasteiger partial charge on any atom is -0.496 e. The van der Waals surface area contributed by atoms with Crippen molar-refractivity contribution in [1.29, 1.82) is 0 Å². The van der Waals surface area contributed by atoms with Gasteiger partial charge in [0, 0.05) is 23.7 Å². The molecule has 1 heterocycles. The molecule has 0 radical (unpaired) electrons.